The van der Waals surface area contributed by atoms with Crippen molar-refractivity contribution in [2.75, 3.05) is 0 Å². The van der Waals surface area contributed by atoms with E-state index < -0.39 is 0 Å². The standard InChI is InChI=1S/C24H27ClN6O/c1-4-7-22-23(25)30(14-17(2)3)24(32)29(22)15-18-10-12-19(13-11-18)20-8-5-6-9-21(20)31-16-26-27-28-31/h5-6,8-13,16-17H,4,7,14-15H2,1-3H3. The van der Waals surface area contributed by atoms with Crippen LogP contribution in [0.25, 0.3) is 16.8 Å². The molecule has 7 nitrogen and oxygen atoms in total. The number of para-hydroxylation sites is 1. The van der Waals surface area contributed by atoms with E-state index in [-0.39, 0.29) is 5.69 Å². The lowest BCUT2D eigenvalue weighted by Crippen LogP contribution is -2.27. The summed E-state index contributed by atoms with van der Waals surface area (Å²) in [6.45, 7) is 7.39. The van der Waals surface area contributed by atoms with Gasteiger partial charge in [0.25, 0.3) is 0 Å². The molecule has 8 heteroatoms. The van der Waals surface area contributed by atoms with Crippen LogP contribution in [0.4, 0.5) is 0 Å². The third kappa shape index (κ3) is 4.39. The van der Waals surface area contributed by atoms with Crippen molar-refractivity contribution in [3.8, 4) is 16.8 Å². The molecule has 0 radical (unpaired) electrons. The number of hydrogen-bond acceptors (Lipinski definition) is 4. The molecule has 0 bridgehead atoms. The van der Waals surface area contributed by atoms with Crippen molar-refractivity contribution in [1.29, 1.82) is 0 Å². The molecule has 0 aliphatic carbocycles. The zero-order chi connectivity index (χ0) is 22.7. The summed E-state index contributed by atoms with van der Waals surface area (Å²) in [6, 6.07) is 16.2. The lowest BCUT2D eigenvalue weighted by atomic mass is 10.0. The minimum atomic E-state index is -0.0414. The summed E-state index contributed by atoms with van der Waals surface area (Å²) >= 11 is 6.62. The Kier molecular flexibility index (Phi) is 6.55. The highest BCUT2D eigenvalue weighted by atomic mass is 35.5. The van der Waals surface area contributed by atoms with Crippen LogP contribution in [0.3, 0.4) is 0 Å². The summed E-state index contributed by atoms with van der Waals surface area (Å²) < 4.78 is 5.17. The van der Waals surface area contributed by atoms with Crippen molar-refractivity contribution in [3.63, 3.8) is 0 Å². The zero-order valence-corrected chi connectivity index (χ0v) is 19.3. The normalized spacial score (nSPS) is 11.4. The van der Waals surface area contributed by atoms with Crippen LogP contribution in [0, 0.1) is 5.92 Å². The van der Waals surface area contributed by atoms with Gasteiger partial charge in [0.15, 0.2) is 0 Å². The van der Waals surface area contributed by atoms with E-state index in [2.05, 4.69) is 60.6 Å². The first-order valence-electron chi connectivity index (χ1n) is 10.9. The van der Waals surface area contributed by atoms with Gasteiger partial charge in [-0.3, -0.25) is 9.13 Å². The van der Waals surface area contributed by atoms with Gasteiger partial charge < -0.3 is 0 Å². The Balaban J connectivity index is 1.66. The van der Waals surface area contributed by atoms with Crippen LogP contribution in [0.15, 0.2) is 59.7 Å². The van der Waals surface area contributed by atoms with E-state index in [1.807, 2.05) is 28.8 Å². The molecule has 0 saturated heterocycles. The van der Waals surface area contributed by atoms with Crippen molar-refractivity contribution in [3.05, 3.63) is 81.8 Å². The van der Waals surface area contributed by atoms with Crippen molar-refractivity contribution in [2.24, 2.45) is 5.92 Å². The molecule has 0 spiro atoms. The number of nitrogens with zero attached hydrogens (tertiary/aromatic N) is 6. The van der Waals surface area contributed by atoms with Gasteiger partial charge in [-0.25, -0.2) is 4.79 Å². The fraction of sp³-hybridized carbons (Fsp3) is 0.333. The number of rotatable bonds is 8. The summed E-state index contributed by atoms with van der Waals surface area (Å²) in [7, 11) is 0. The van der Waals surface area contributed by atoms with Crippen LogP contribution in [-0.2, 0) is 19.5 Å². The molecular weight excluding hydrogens is 424 g/mol. The van der Waals surface area contributed by atoms with Crippen molar-refractivity contribution in [1.82, 2.24) is 29.3 Å². The van der Waals surface area contributed by atoms with Crippen LogP contribution < -0.4 is 5.69 Å². The van der Waals surface area contributed by atoms with Gasteiger partial charge >= 0.3 is 5.69 Å². The van der Waals surface area contributed by atoms with Crippen LogP contribution in [0.5, 0.6) is 0 Å². The van der Waals surface area contributed by atoms with E-state index in [9.17, 15) is 4.79 Å². The Morgan fingerprint density at radius 2 is 1.78 bits per heavy atom. The topological polar surface area (TPSA) is 70.5 Å². The van der Waals surface area contributed by atoms with Crippen molar-refractivity contribution in [2.45, 2.75) is 46.7 Å². The van der Waals surface area contributed by atoms with E-state index in [1.165, 1.54) is 0 Å². The number of aromatic nitrogens is 6. The molecule has 0 unspecified atom stereocenters. The van der Waals surface area contributed by atoms with Gasteiger partial charge in [-0.15, -0.1) is 5.10 Å². The van der Waals surface area contributed by atoms with Gasteiger partial charge in [-0.2, -0.15) is 4.68 Å². The van der Waals surface area contributed by atoms with Gasteiger partial charge in [-0.05, 0) is 40.0 Å². The maximum atomic E-state index is 13.1. The number of tetrazole rings is 1. The molecule has 4 aromatic rings. The number of halogens is 1. The quantitative estimate of drug-likeness (QED) is 0.393. The summed E-state index contributed by atoms with van der Waals surface area (Å²) in [5, 5.41) is 12.1. The fourth-order valence-corrected chi connectivity index (χ4v) is 4.27. The molecule has 2 aromatic carbocycles. The SMILES string of the molecule is CCCc1c(Cl)n(CC(C)C)c(=O)n1Cc1ccc(-c2ccccc2-n2cnnn2)cc1. The predicted molar refractivity (Wildman–Crippen MR) is 126 cm³/mol. The monoisotopic (exact) mass is 450 g/mol. The molecule has 0 amide bonds. The second kappa shape index (κ2) is 9.53. The summed E-state index contributed by atoms with van der Waals surface area (Å²) in [5.41, 5.74) is 4.90. The molecule has 0 saturated carbocycles. The molecule has 0 N–H and O–H groups in total. The maximum absolute atomic E-state index is 13.1. The number of imidazole rings is 1. The third-order valence-corrected chi connectivity index (χ3v) is 5.82. The molecule has 2 aromatic heterocycles. The van der Waals surface area contributed by atoms with Gasteiger partial charge in [-0.1, -0.05) is 81.3 Å². The average molecular weight is 451 g/mol. The van der Waals surface area contributed by atoms with E-state index in [0.29, 0.717) is 24.2 Å². The van der Waals surface area contributed by atoms with Gasteiger partial charge in [0.05, 0.1) is 17.9 Å². The highest BCUT2D eigenvalue weighted by molar-refractivity contribution is 6.30. The van der Waals surface area contributed by atoms with E-state index >= 15 is 0 Å². The zero-order valence-electron chi connectivity index (χ0n) is 18.6. The van der Waals surface area contributed by atoms with Crippen LogP contribution in [0.1, 0.15) is 38.4 Å². The Morgan fingerprint density at radius 1 is 1.03 bits per heavy atom. The lowest BCUT2D eigenvalue weighted by Gasteiger charge is -2.11. The lowest BCUT2D eigenvalue weighted by molar-refractivity contribution is 0.504. The second-order valence-electron chi connectivity index (χ2n) is 8.33. The molecule has 4 rings (SSSR count). The minimum Gasteiger partial charge on any atom is -0.290 e. The molecule has 0 atom stereocenters. The summed E-state index contributed by atoms with van der Waals surface area (Å²) in [5.74, 6) is 0.343. The van der Waals surface area contributed by atoms with Crippen LogP contribution in [-0.4, -0.2) is 29.3 Å². The molecule has 0 aliphatic heterocycles. The van der Waals surface area contributed by atoms with Crippen molar-refractivity contribution >= 4 is 11.6 Å². The largest absolute Gasteiger partial charge is 0.329 e. The number of benzene rings is 2. The Hall–Kier alpha value is -3.19. The Labute approximate surface area is 192 Å². The molecular formula is C24H27ClN6O. The Morgan fingerprint density at radius 3 is 2.44 bits per heavy atom. The van der Waals surface area contributed by atoms with E-state index in [1.54, 1.807) is 15.6 Å². The second-order valence-corrected chi connectivity index (χ2v) is 8.69. The molecule has 0 aliphatic rings. The molecule has 32 heavy (non-hydrogen) atoms. The third-order valence-electron chi connectivity index (χ3n) is 5.40. The smallest absolute Gasteiger partial charge is 0.290 e. The van der Waals surface area contributed by atoms with Crippen LogP contribution in [0.2, 0.25) is 5.15 Å². The summed E-state index contributed by atoms with van der Waals surface area (Å²) in [4.78, 5) is 13.1. The van der Waals surface area contributed by atoms with Gasteiger partial charge in [0.1, 0.15) is 11.5 Å². The first-order valence-corrected chi connectivity index (χ1v) is 11.3. The molecule has 0 fully saturated rings. The van der Waals surface area contributed by atoms with Crippen LogP contribution >= 0.6 is 11.6 Å². The fourth-order valence-electron chi connectivity index (χ4n) is 3.94. The first-order chi connectivity index (χ1) is 15.5. The van der Waals surface area contributed by atoms with E-state index in [4.69, 9.17) is 11.6 Å². The Bertz CT molecular complexity index is 1240. The first kappa shape index (κ1) is 22.0. The number of hydrogen-bond donors (Lipinski definition) is 0. The van der Waals surface area contributed by atoms with Crippen molar-refractivity contribution < 1.29 is 0 Å². The van der Waals surface area contributed by atoms with Gasteiger partial charge in [0.2, 0.25) is 0 Å². The van der Waals surface area contributed by atoms with Gasteiger partial charge in [0, 0.05) is 12.1 Å². The summed E-state index contributed by atoms with van der Waals surface area (Å²) in [6.07, 6.45) is 3.29. The average Bonchev–Trinajstić information content (AvgIpc) is 3.40. The highest BCUT2D eigenvalue weighted by Gasteiger charge is 2.19. The molecule has 166 valence electrons. The maximum Gasteiger partial charge on any atom is 0.329 e. The minimum absolute atomic E-state index is 0.0414. The molecule has 2 heterocycles. The highest BCUT2D eigenvalue weighted by Crippen LogP contribution is 2.27. The predicted octanol–water partition coefficient (Wildman–Crippen LogP) is 4.60. The van der Waals surface area contributed by atoms with E-state index in [0.717, 1.165) is 40.9 Å².